The number of rotatable bonds is 1. The Labute approximate surface area is 166 Å². The lowest BCUT2D eigenvalue weighted by Gasteiger charge is -2.26. The highest BCUT2D eigenvalue weighted by atomic mass is 79.9. The molecule has 1 aliphatic carbocycles. The number of likely N-dealkylation sites (tertiary alicyclic amines) is 1. The Morgan fingerprint density at radius 3 is 2.81 bits per heavy atom. The van der Waals surface area contributed by atoms with Crippen LogP contribution in [0.25, 0.3) is 11.0 Å². The van der Waals surface area contributed by atoms with Crippen molar-refractivity contribution in [1.29, 1.82) is 0 Å². The average Bonchev–Trinajstić information content (AvgIpc) is 3.18. The second kappa shape index (κ2) is 6.37. The van der Waals surface area contributed by atoms with Gasteiger partial charge in [0.15, 0.2) is 0 Å². The van der Waals surface area contributed by atoms with Gasteiger partial charge in [-0.15, -0.1) is 0 Å². The molecular formula is C18H22BrClN4O2. The van der Waals surface area contributed by atoms with E-state index in [-0.39, 0.29) is 6.09 Å². The molecule has 0 spiro atoms. The highest BCUT2D eigenvalue weighted by molar-refractivity contribution is 9.10. The van der Waals surface area contributed by atoms with Crippen LogP contribution in [0.2, 0.25) is 5.15 Å². The lowest BCUT2D eigenvalue weighted by molar-refractivity contribution is 0.0277. The van der Waals surface area contributed by atoms with E-state index >= 15 is 0 Å². The molecule has 1 saturated carbocycles. The SMILES string of the molecule is CC(C)(C)OC(=O)N1C[C@@H]2CC[C@@H](n3cc(Br)c4c(Cl)ncnc43)[C@@H]2C1. The van der Waals surface area contributed by atoms with Gasteiger partial charge in [-0.25, -0.2) is 14.8 Å². The minimum atomic E-state index is -0.469. The van der Waals surface area contributed by atoms with E-state index in [9.17, 15) is 4.79 Å². The lowest BCUT2D eigenvalue weighted by Crippen LogP contribution is -2.36. The number of carbonyl (C=O) groups excluding carboxylic acids is 1. The molecule has 8 heteroatoms. The molecule has 0 aromatic carbocycles. The molecule has 6 nitrogen and oxygen atoms in total. The Balaban J connectivity index is 1.59. The maximum Gasteiger partial charge on any atom is 0.410 e. The minimum absolute atomic E-state index is 0.213. The van der Waals surface area contributed by atoms with Crippen LogP contribution in [-0.4, -0.2) is 44.2 Å². The van der Waals surface area contributed by atoms with Crippen LogP contribution in [0, 0.1) is 11.8 Å². The van der Waals surface area contributed by atoms with Crippen molar-refractivity contribution >= 4 is 44.7 Å². The van der Waals surface area contributed by atoms with Crippen LogP contribution in [0.15, 0.2) is 17.0 Å². The zero-order valence-corrected chi connectivity index (χ0v) is 17.4. The smallest absolute Gasteiger partial charge is 0.410 e. The number of ether oxygens (including phenoxy) is 1. The molecule has 2 fully saturated rings. The molecule has 4 rings (SSSR count). The van der Waals surface area contributed by atoms with Gasteiger partial charge in [-0.2, -0.15) is 0 Å². The quantitative estimate of drug-likeness (QED) is 0.604. The lowest BCUT2D eigenvalue weighted by atomic mass is 9.98. The zero-order chi connectivity index (χ0) is 18.6. The Bertz CT molecular complexity index is 863. The van der Waals surface area contributed by atoms with Crippen LogP contribution in [0.1, 0.15) is 39.7 Å². The number of nitrogens with zero attached hydrogens (tertiary/aromatic N) is 4. The van der Waals surface area contributed by atoms with Crippen molar-refractivity contribution in [2.75, 3.05) is 13.1 Å². The summed E-state index contributed by atoms with van der Waals surface area (Å²) in [6.07, 6.45) is 5.52. The third kappa shape index (κ3) is 3.09. The molecule has 0 N–H and O–H groups in total. The first-order valence-corrected chi connectivity index (χ1v) is 10.1. The number of carbonyl (C=O) groups is 1. The average molecular weight is 442 g/mol. The fraction of sp³-hybridized carbons (Fsp3) is 0.611. The van der Waals surface area contributed by atoms with Gasteiger partial charge in [-0.05, 0) is 55.5 Å². The van der Waals surface area contributed by atoms with Gasteiger partial charge in [-0.3, -0.25) is 0 Å². The summed E-state index contributed by atoms with van der Waals surface area (Å²) in [5.41, 5.74) is 0.377. The van der Waals surface area contributed by atoms with Crippen molar-refractivity contribution in [2.45, 2.75) is 45.3 Å². The predicted octanol–water partition coefficient (Wildman–Crippen LogP) is 4.67. The summed E-state index contributed by atoms with van der Waals surface area (Å²) in [6, 6.07) is 0.298. The predicted molar refractivity (Wildman–Crippen MR) is 103 cm³/mol. The first-order chi connectivity index (χ1) is 12.2. The minimum Gasteiger partial charge on any atom is -0.444 e. The van der Waals surface area contributed by atoms with Crippen LogP contribution in [0.4, 0.5) is 4.79 Å². The molecule has 0 unspecified atom stereocenters. The fourth-order valence-electron chi connectivity index (χ4n) is 4.31. The molecule has 3 heterocycles. The highest BCUT2D eigenvalue weighted by Crippen LogP contribution is 2.47. The number of fused-ring (bicyclic) bond motifs is 2. The van der Waals surface area contributed by atoms with Gasteiger partial charge in [-0.1, -0.05) is 11.6 Å². The maximum atomic E-state index is 12.4. The molecule has 2 aliphatic rings. The number of aromatic nitrogens is 3. The number of amides is 1. The van der Waals surface area contributed by atoms with E-state index in [1.807, 2.05) is 25.7 Å². The summed E-state index contributed by atoms with van der Waals surface area (Å²) in [4.78, 5) is 22.8. The molecule has 26 heavy (non-hydrogen) atoms. The first kappa shape index (κ1) is 18.0. The van der Waals surface area contributed by atoms with Gasteiger partial charge in [0.05, 0.1) is 5.39 Å². The molecule has 1 amide bonds. The standard InChI is InChI=1S/C18H22BrClN4O2/c1-18(2,3)26-17(25)23-6-10-4-5-13(11(10)7-23)24-8-12(19)14-15(20)21-9-22-16(14)24/h8-11,13H,4-7H2,1-3H3/t10-,11+,13+/m0/s1. The first-order valence-electron chi connectivity index (χ1n) is 8.89. The zero-order valence-electron chi connectivity index (χ0n) is 15.1. The van der Waals surface area contributed by atoms with Crippen molar-refractivity contribution in [1.82, 2.24) is 19.4 Å². The molecule has 2 aromatic rings. The van der Waals surface area contributed by atoms with Crippen LogP contribution >= 0.6 is 27.5 Å². The Morgan fingerprint density at radius 2 is 2.08 bits per heavy atom. The molecular weight excluding hydrogens is 420 g/mol. The van der Waals surface area contributed by atoms with Crippen molar-refractivity contribution in [2.24, 2.45) is 11.8 Å². The van der Waals surface area contributed by atoms with Gasteiger partial charge in [0.1, 0.15) is 22.7 Å². The molecule has 2 aromatic heterocycles. The van der Waals surface area contributed by atoms with Crippen LogP contribution in [-0.2, 0) is 4.74 Å². The molecule has 1 saturated heterocycles. The molecule has 140 valence electrons. The molecule has 0 bridgehead atoms. The molecule has 3 atom stereocenters. The number of hydrogen-bond acceptors (Lipinski definition) is 4. The topological polar surface area (TPSA) is 60.2 Å². The summed E-state index contributed by atoms with van der Waals surface area (Å²) < 4.78 is 8.66. The number of halogens is 2. The van der Waals surface area contributed by atoms with Crippen molar-refractivity contribution < 1.29 is 9.53 Å². The fourth-order valence-corrected chi connectivity index (χ4v) is 5.24. The van der Waals surface area contributed by atoms with E-state index < -0.39 is 5.60 Å². The number of hydrogen-bond donors (Lipinski definition) is 0. The van der Waals surface area contributed by atoms with Crippen molar-refractivity contribution in [3.05, 3.63) is 22.1 Å². The van der Waals surface area contributed by atoms with Gasteiger partial charge >= 0.3 is 6.09 Å². The maximum absolute atomic E-state index is 12.4. The van der Waals surface area contributed by atoms with E-state index in [2.05, 4.69) is 36.7 Å². The summed E-state index contributed by atoms with van der Waals surface area (Å²) in [6.45, 7) is 7.19. The monoisotopic (exact) mass is 440 g/mol. The highest BCUT2D eigenvalue weighted by Gasteiger charge is 2.46. The Kier molecular flexibility index (Phi) is 4.42. The van der Waals surface area contributed by atoms with Crippen LogP contribution in [0.5, 0.6) is 0 Å². The van der Waals surface area contributed by atoms with E-state index in [4.69, 9.17) is 16.3 Å². The Morgan fingerprint density at radius 1 is 1.31 bits per heavy atom. The largest absolute Gasteiger partial charge is 0.444 e. The third-order valence-corrected chi connectivity index (χ3v) is 6.23. The summed E-state index contributed by atoms with van der Waals surface area (Å²) in [7, 11) is 0. The summed E-state index contributed by atoms with van der Waals surface area (Å²) in [5, 5.41) is 1.30. The summed E-state index contributed by atoms with van der Waals surface area (Å²) in [5.74, 6) is 0.903. The van der Waals surface area contributed by atoms with Crippen molar-refractivity contribution in [3.8, 4) is 0 Å². The van der Waals surface area contributed by atoms with E-state index in [0.717, 1.165) is 41.4 Å². The van der Waals surface area contributed by atoms with Crippen molar-refractivity contribution in [3.63, 3.8) is 0 Å². The van der Waals surface area contributed by atoms with E-state index in [1.165, 1.54) is 6.33 Å². The normalized spacial score (nSPS) is 25.7. The molecule has 1 aliphatic heterocycles. The van der Waals surface area contributed by atoms with Gasteiger partial charge in [0.2, 0.25) is 0 Å². The summed E-state index contributed by atoms with van der Waals surface area (Å²) >= 11 is 9.84. The molecule has 0 radical (unpaired) electrons. The van der Waals surface area contributed by atoms with Gasteiger partial charge in [0.25, 0.3) is 0 Å². The Hall–Kier alpha value is -1.34. The van der Waals surface area contributed by atoms with E-state index in [1.54, 1.807) is 0 Å². The van der Waals surface area contributed by atoms with Crippen LogP contribution < -0.4 is 0 Å². The van der Waals surface area contributed by atoms with Gasteiger partial charge in [0, 0.05) is 35.7 Å². The third-order valence-electron chi connectivity index (χ3n) is 5.34. The second-order valence-corrected chi connectivity index (χ2v) is 9.41. The van der Waals surface area contributed by atoms with Gasteiger partial charge < -0.3 is 14.2 Å². The van der Waals surface area contributed by atoms with Crippen LogP contribution in [0.3, 0.4) is 0 Å². The second-order valence-electron chi connectivity index (χ2n) is 8.20. The van der Waals surface area contributed by atoms with E-state index in [0.29, 0.717) is 23.0 Å².